The Morgan fingerprint density at radius 1 is 1.43 bits per heavy atom. The summed E-state index contributed by atoms with van der Waals surface area (Å²) in [4.78, 5) is 15.6. The quantitative estimate of drug-likeness (QED) is 0.804. The van der Waals surface area contributed by atoms with Gasteiger partial charge in [-0.25, -0.2) is 22.3 Å². The number of hydroxylamine groups is 2. The molecule has 0 aliphatic carbocycles. The van der Waals surface area contributed by atoms with Crippen LogP contribution in [0.1, 0.15) is 30.1 Å². The molecule has 1 fully saturated rings. The van der Waals surface area contributed by atoms with Crippen LogP contribution in [0.25, 0.3) is 0 Å². The van der Waals surface area contributed by atoms with E-state index in [0.717, 1.165) is 12.1 Å². The molecule has 0 aromatic heterocycles. The highest BCUT2D eigenvalue weighted by Crippen LogP contribution is 2.20. The van der Waals surface area contributed by atoms with Crippen molar-refractivity contribution in [2.24, 2.45) is 0 Å². The zero-order valence-electron chi connectivity index (χ0n) is 12.7. The third-order valence-corrected chi connectivity index (χ3v) is 5.11. The van der Waals surface area contributed by atoms with Gasteiger partial charge in [0.15, 0.2) is 5.82 Å². The van der Waals surface area contributed by atoms with Crippen LogP contribution in [0, 0.1) is 5.82 Å². The van der Waals surface area contributed by atoms with Gasteiger partial charge >= 0.3 is 5.97 Å². The molecular weight excluding hydrogens is 327 g/mol. The topological polar surface area (TPSA) is 95.9 Å². The molecule has 9 heteroatoms. The summed E-state index contributed by atoms with van der Waals surface area (Å²) >= 11 is 0. The maximum Gasteiger partial charge on any atom is 0.338 e. The van der Waals surface area contributed by atoms with Crippen molar-refractivity contribution in [3.8, 4) is 0 Å². The molecule has 0 saturated carbocycles. The number of nitrogens with zero attached hydrogens (tertiary/aromatic N) is 1. The first-order valence-electron chi connectivity index (χ1n) is 7.27. The van der Waals surface area contributed by atoms with Crippen molar-refractivity contribution in [2.75, 3.05) is 19.7 Å². The smallest absolute Gasteiger partial charge is 0.338 e. The Morgan fingerprint density at radius 2 is 2.09 bits per heavy atom. The zero-order valence-corrected chi connectivity index (χ0v) is 13.5. The number of benzene rings is 1. The van der Waals surface area contributed by atoms with E-state index in [9.17, 15) is 17.6 Å². The normalized spacial score (nSPS) is 17.3. The van der Waals surface area contributed by atoms with Crippen molar-refractivity contribution in [3.63, 3.8) is 0 Å². The number of aromatic carboxylic acids is 1. The lowest BCUT2D eigenvalue weighted by molar-refractivity contribution is -0.166. The summed E-state index contributed by atoms with van der Waals surface area (Å²) in [6, 6.07) is 2.94. The SMILES string of the molecule is CCON1CCC(NS(=O)(=O)c2cccc(C(=O)O)c2F)CC1. The molecule has 0 radical (unpaired) electrons. The van der Waals surface area contributed by atoms with Crippen LogP contribution in [0.3, 0.4) is 0 Å². The minimum atomic E-state index is -4.12. The molecule has 0 amide bonds. The fourth-order valence-corrected chi connectivity index (χ4v) is 3.86. The summed E-state index contributed by atoms with van der Waals surface area (Å²) in [5.74, 6) is -2.76. The van der Waals surface area contributed by atoms with E-state index in [4.69, 9.17) is 9.94 Å². The van der Waals surface area contributed by atoms with Gasteiger partial charge in [-0.15, -0.1) is 0 Å². The van der Waals surface area contributed by atoms with Crippen LogP contribution in [0.5, 0.6) is 0 Å². The Bertz CT molecular complexity index is 672. The van der Waals surface area contributed by atoms with Crippen molar-refractivity contribution < 1.29 is 27.5 Å². The van der Waals surface area contributed by atoms with Gasteiger partial charge in [0.2, 0.25) is 10.0 Å². The monoisotopic (exact) mass is 346 g/mol. The Labute approximate surface area is 134 Å². The van der Waals surface area contributed by atoms with Crippen molar-refractivity contribution in [3.05, 3.63) is 29.6 Å². The summed E-state index contributed by atoms with van der Waals surface area (Å²) in [7, 11) is -4.12. The molecule has 1 heterocycles. The maximum absolute atomic E-state index is 14.1. The lowest BCUT2D eigenvalue weighted by Gasteiger charge is -2.31. The van der Waals surface area contributed by atoms with E-state index in [0.29, 0.717) is 32.5 Å². The van der Waals surface area contributed by atoms with Crippen molar-refractivity contribution >= 4 is 16.0 Å². The second-order valence-corrected chi connectivity index (χ2v) is 6.85. The molecule has 1 aromatic rings. The van der Waals surface area contributed by atoms with E-state index in [1.165, 1.54) is 6.07 Å². The predicted octanol–water partition coefficient (Wildman–Crippen LogP) is 1.22. The molecule has 7 nitrogen and oxygen atoms in total. The van der Waals surface area contributed by atoms with E-state index in [-0.39, 0.29) is 6.04 Å². The molecule has 2 N–H and O–H groups in total. The fraction of sp³-hybridized carbons (Fsp3) is 0.500. The van der Waals surface area contributed by atoms with Crippen LogP contribution < -0.4 is 4.72 Å². The lowest BCUT2D eigenvalue weighted by Crippen LogP contribution is -2.44. The van der Waals surface area contributed by atoms with Gasteiger partial charge in [0.05, 0.1) is 12.2 Å². The molecule has 128 valence electrons. The minimum absolute atomic E-state index is 0.343. The zero-order chi connectivity index (χ0) is 17.0. The third kappa shape index (κ3) is 4.25. The standard InChI is InChI=1S/C14H19FN2O5S/c1-2-22-17-8-6-10(7-9-17)16-23(20,21)12-5-3-4-11(13(12)15)14(18)19/h3-5,10,16H,2,6-9H2,1H3,(H,18,19). The number of halogens is 1. The van der Waals surface area contributed by atoms with E-state index < -0.39 is 32.3 Å². The van der Waals surface area contributed by atoms with Gasteiger partial charge in [-0.1, -0.05) is 6.07 Å². The highest BCUT2D eigenvalue weighted by atomic mass is 32.2. The van der Waals surface area contributed by atoms with Gasteiger partial charge in [-0.05, 0) is 31.9 Å². The first kappa shape index (κ1) is 17.8. The number of hydrogen-bond donors (Lipinski definition) is 2. The van der Waals surface area contributed by atoms with Crippen molar-refractivity contribution in [2.45, 2.75) is 30.7 Å². The third-order valence-electron chi connectivity index (χ3n) is 3.57. The Kier molecular flexibility index (Phi) is 5.69. The summed E-state index contributed by atoms with van der Waals surface area (Å²) < 4.78 is 41.2. The molecule has 23 heavy (non-hydrogen) atoms. The molecule has 0 atom stereocenters. The number of rotatable bonds is 6. The van der Waals surface area contributed by atoms with E-state index in [1.807, 2.05) is 6.92 Å². The highest BCUT2D eigenvalue weighted by Gasteiger charge is 2.28. The van der Waals surface area contributed by atoms with Crippen molar-refractivity contribution in [1.29, 1.82) is 0 Å². The van der Waals surface area contributed by atoms with Crippen LogP contribution >= 0.6 is 0 Å². The van der Waals surface area contributed by atoms with Gasteiger partial charge < -0.3 is 5.11 Å². The molecule has 1 aromatic carbocycles. The molecule has 2 rings (SSSR count). The van der Waals surface area contributed by atoms with E-state index in [2.05, 4.69) is 4.72 Å². The number of sulfonamides is 1. The fourth-order valence-electron chi connectivity index (χ4n) is 2.45. The van der Waals surface area contributed by atoms with Crippen LogP contribution in [0.4, 0.5) is 4.39 Å². The molecular formula is C14H19FN2O5S. The Hall–Kier alpha value is -1.55. The number of carboxylic acid groups (broad SMARTS) is 1. The lowest BCUT2D eigenvalue weighted by atomic mass is 10.1. The van der Waals surface area contributed by atoms with Gasteiger partial charge in [0, 0.05) is 19.1 Å². The minimum Gasteiger partial charge on any atom is -0.478 e. The average molecular weight is 346 g/mol. The second kappa shape index (κ2) is 7.35. The van der Waals surface area contributed by atoms with Crippen LogP contribution in [0.15, 0.2) is 23.1 Å². The molecule has 1 aliphatic rings. The van der Waals surface area contributed by atoms with E-state index in [1.54, 1.807) is 5.06 Å². The summed E-state index contributed by atoms with van der Waals surface area (Å²) in [5.41, 5.74) is -0.668. The number of carboxylic acids is 1. The van der Waals surface area contributed by atoms with E-state index >= 15 is 0 Å². The first-order chi connectivity index (χ1) is 10.8. The number of hydrogen-bond acceptors (Lipinski definition) is 5. The summed E-state index contributed by atoms with van der Waals surface area (Å²) in [6.07, 6.45) is 1.05. The molecule has 1 saturated heterocycles. The molecule has 0 unspecified atom stereocenters. The van der Waals surface area contributed by atoms with Crippen molar-refractivity contribution in [1.82, 2.24) is 9.79 Å². The Morgan fingerprint density at radius 3 is 2.65 bits per heavy atom. The van der Waals surface area contributed by atoms with Gasteiger partial charge in [-0.2, -0.15) is 5.06 Å². The number of nitrogens with one attached hydrogen (secondary N) is 1. The largest absolute Gasteiger partial charge is 0.478 e. The van der Waals surface area contributed by atoms with Crippen LogP contribution in [-0.2, 0) is 14.9 Å². The second-order valence-electron chi connectivity index (χ2n) is 5.17. The summed E-state index contributed by atoms with van der Waals surface area (Å²) in [6.45, 7) is 3.55. The molecule has 0 spiro atoms. The van der Waals surface area contributed by atoms with Gasteiger partial charge in [-0.3, -0.25) is 4.84 Å². The number of carbonyl (C=O) groups is 1. The predicted molar refractivity (Wildman–Crippen MR) is 79.9 cm³/mol. The molecule has 0 bridgehead atoms. The first-order valence-corrected chi connectivity index (χ1v) is 8.75. The highest BCUT2D eigenvalue weighted by molar-refractivity contribution is 7.89. The molecule has 1 aliphatic heterocycles. The Balaban J connectivity index is 2.11. The van der Waals surface area contributed by atoms with Crippen LogP contribution in [0.2, 0.25) is 0 Å². The van der Waals surface area contributed by atoms with Crippen LogP contribution in [-0.4, -0.2) is 50.3 Å². The van der Waals surface area contributed by atoms with Gasteiger partial charge in [0.25, 0.3) is 0 Å². The summed E-state index contributed by atoms with van der Waals surface area (Å²) in [5, 5.41) is 10.6. The average Bonchev–Trinajstić information content (AvgIpc) is 2.49. The van der Waals surface area contributed by atoms with Gasteiger partial charge in [0.1, 0.15) is 4.90 Å². The maximum atomic E-state index is 14.1. The number of piperidine rings is 1.